The molecule has 21 heavy (non-hydrogen) atoms. The number of hydrogen-bond acceptors (Lipinski definition) is 2. The molecule has 0 fully saturated rings. The number of halogens is 1. The SMILES string of the molecule is CCOc1cccc(CC(C(=O)Cl)c2cccc(C)c2)c1. The van der Waals surface area contributed by atoms with Gasteiger partial charge in [0.05, 0.1) is 12.5 Å². The molecule has 0 radical (unpaired) electrons. The standard InChI is InChI=1S/C18H19ClO2/c1-3-21-16-9-5-7-14(11-16)12-17(18(19)20)15-8-4-6-13(2)10-15/h4-11,17H,3,12H2,1-2H3. The minimum Gasteiger partial charge on any atom is -0.494 e. The molecule has 0 aliphatic rings. The van der Waals surface area contributed by atoms with Crippen molar-refractivity contribution >= 4 is 16.8 Å². The first-order chi connectivity index (χ1) is 10.1. The van der Waals surface area contributed by atoms with Gasteiger partial charge in [-0.15, -0.1) is 0 Å². The molecule has 0 aliphatic carbocycles. The lowest BCUT2D eigenvalue weighted by Gasteiger charge is -2.14. The van der Waals surface area contributed by atoms with E-state index in [9.17, 15) is 4.79 Å². The molecule has 110 valence electrons. The van der Waals surface area contributed by atoms with Gasteiger partial charge >= 0.3 is 0 Å². The molecule has 0 bridgehead atoms. The minimum atomic E-state index is -0.331. The largest absolute Gasteiger partial charge is 0.494 e. The minimum absolute atomic E-state index is 0.330. The summed E-state index contributed by atoms with van der Waals surface area (Å²) >= 11 is 5.81. The smallest absolute Gasteiger partial charge is 0.229 e. The lowest BCUT2D eigenvalue weighted by Crippen LogP contribution is -2.10. The third-order valence-corrected chi connectivity index (χ3v) is 3.63. The van der Waals surface area contributed by atoms with E-state index in [4.69, 9.17) is 16.3 Å². The van der Waals surface area contributed by atoms with E-state index in [0.717, 1.165) is 22.4 Å². The summed E-state index contributed by atoms with van der Waals surface area (Å²) in [5.74, 6) is 0.489. The first-order valence-corrected chi connectivity index (χ1v) is 7.45. The van der Waals surface area contributed by atoms with Crippen LogP contribution in [0.1, 0.15) is 29.5 Å². The van der Waals surface area contributed by atoms with Crippen molar-refractivity contribution in [1.29, 1.82) is 0 Å². The van der Waals surface area contributed by atoms with E-state index < -0.39 is 0 Å². The molecule has 0 spiro atoms. The average molecular weight is 303 g/mol. The summed E-state index contributed by atoms with van der Waals surface area (Å²) in [5, 5.41) is -0.331. The Balaban J connectivity index is 2.24. The van der Waals surface area contributed by atoms with E-state index in [1.807, 2.05) is 62.4 Å². The van der Waals surface area contributed by atoms with Crippen molar-refractivity contribution in [3.8, 4) is 5.75 Å². The molecule has 2 rings (SSSR count). The van der Waals surface area contributed by atoms with E-state index in [1.165, 1.54) is 0 Å². The fourth-order valence-electron chi connectivity index (χ4n) is 2.38. The Morgan fingerprint density at radius 2 is 1.95 bits per heavy atom. The summed E-state index contributed by atoms with van der Waals surface area (Å²) in [6.45, 7) is 4.58. The highest BCUT2D eigenvalue weighted by atomic mass is 35.5. The molecular formula is C18H19ClO2. The van der Waals surface area contributed by atoms with Crippen molar-refractivity contribution < 1.29 is 9.53 Å². The zero-order valence-corrected chi connectivity index (χ0v) is 13.1. The van der Waals surface area contributed by atoms with Gasteiger partial charge in [-0.3, -0.25) is 4.79 Å². The molecule has 0 amide bonds. The summed E-state index contributed by atoms with van der Waals surface area (Å²) < 4.78 is 5.50. The fraction of sp³-hybridized carbons (Fsp3) is 0.278. The van der Waals surface area contributed by atoms with Gasteiger partial charge in [-0.1, -0.05) is 42.0 Å². The second-order valence-electron chi connectivity index (χ2n) is 5.06. The highest BCUT2D eigenvalue weighted by Gasteiger charge is 2.19. The van der Waals surface area contributed by atoms with E-state index in [0.29, 0.717) is 13.0 Å². The summed E-state index contributed by atoms with van der Waals surface area (Å²) in [6.07, 6.45) is 0.576. The number of ether oxygens (including phenoxy) is 1. The highest BCUT2D eigenvalue weighted by molar-refractivity contribution is 6.64. The fourth-order valence-corrected chi connectivity index (χ4v) is 2.58. The predicted octanol–water partition coefficient (Wildman–Crippen LogP) is 4.49. The average Bonchev–Trinajstić information content (AvgIpc) is 2.45. The van der Waals surface area contributed by atoms with Crippen LogP contribution in [0, 0.1) is 6.92 Å². The number of aryl methyl sites for hydroxylation is 1. The molecule has 0 aromatic heterocycles. The molecule has 3 heteroatoms. The predicted molar refractivity (Wildman–Crippen MR) is 86.1 cm³/mol. The topological polar surface area (TPSA) is 26.3 Å². The van der Waals surface area contributed by atoms with Crippen molar-refractivity contribution in [3.63, 3.8) is 0 Å². The van der Waals surface area contributed by atoms with Gasteiger partial charge in [-0.05, 0) is 55.1 Å². The summed E-state index contributed by atoms with van der Waals surface area (Å²) in [4.78, 5) is 11.8. The lowest BCUT2D eigenvalue weighted by atomic mass is 9.92. The Morgan fingerprint density at radius 3 is 2.62 bits per heavy atom. The Labute approximate surface area is 130 Å². The van der Waals surface area contributed by atoms with Crippen LogP contribution in [0.3, 0.4) is 0 Å². The zero-order chi connectivity index (χ0) is 15.2. The third kappa shape index (κ3) is 4.33. The Bertz CT molecular complexity index is 622. The van der Waals surface area contributed by atoms with Crippen molar-refractivity contribution in [2.24, 2.45) is 0 Å². The van der Waals surface area contributed by atoms with Gasteiger partial charge in [0.25, 0.3) is 0 Å². The maximum atomic E-state index is 11.8. The van der Waals surface area contributed by atoms with Crippen LogP contribution in [0.25, 0.3) is 0 Å². The van der Waals surface area contributed by atoms with Crippen LogP contribution in [-0.4, -0.2) is 11.8 Å². The van der Waals surface area contributed by atoms with E-state index in [2.05, 4.69) is 0 Å². The number of benzene rings is 2. The Hall–Kier alpha value is -1.80. The van der Waals surface area contributed by atoms with E-state index in [-0.39, 0.29) is 11.2 Å². The molecule has 0 aliphatic heterocycles. The van der Waals surface area contributed by atoms with E-state index >= 15 is 0 Å². The zero-order valence-electron chi connectivity index (χ0n) is 12.3. The Morgan fingerprint density at radius 1 is 1.19 bits per heavy atom. The molecule has 0 N–H and O–H groups in total. The molecule has 2 aromatic carbocycles. The van der Waals surface area contributed by atoms with Crippen LogP contribution in [-0.2, 0) is 11.2 Å². The van der Waals surface area contributed by atoms with Crippen LogP contribution in [0.15, 0.2) is 48.5 Å². The number of rotatable bonds is 6. The molecule has 0 saturated carbocycles. The van der Waals surface area contributed by atoms with Crippen LogP contribution < -0.4 is 4.74 Å². The van der Waals surface area contributed by atoms with Gasteiger partial charge in [0.2, 0.25) is 5.24 Å². The normalized spacial score (nSPS) is 12.0. The second-order valence-corrected chi connectivity index (χ2v) is 5.43. The van der Waals surface area contributed by atoms with Crippen molar-refractivity contribution in [2.45, 2.75) is 26.2 Å². The van der Waals surface area contributed by atoms with Gasteiger partial charge in [-0.25, -0.2) is 0 Å². The summed E-state index contributed by atoms with van der Waals surface area (Å²) in [7, 11) is 0. The van der Waals surface area contributed by atoms with Crippen molar-refractivity contribution in [2.75, 3.05) is 6.61 Å². The van der Waals surface area contributed by atoms with Gasteiger partial charge < -0.3 is 4.74 Å². The highest BCUT2D eigenvalue weighted by Crippen LogP contribution is 2.26. The summed E-state index contributed by atoms with van der Waals surface area (Å²) in [6, 6.07) is 15.7. The van der Waals surface area contributed by atoms with Gasteiger partial charge in [0.1, 0.15) is 5.75 Å². The number of hydrogen-bond donors (Lipinski definition) is 0. The molecule has 1 unspecified atom stereocenters. The maximum absolute atomic E-state index is 11.8. The molecular weight excluding hydrogens is 284 g/mol. The van der Waals surface area contributed by atoms with Crippen LogP contribution in [0.2, 0.25) is 0 Å². The van der Waals surface area contributed by atoms with Crippen LogP contribution >= 0.6 is 11.6 Å². The lowest BCUT2D eigenvalue weighted by molar-refractivity contribution is -0.113. The van der Waals surface area contributed by atoms with Gasteiger partial charge in [-0.2, -0.15) is 0 Å². The molecule has 1 atom stereocenters. The molecule has 2 aromatic rings. The maximum Gasteiger partial charge on any atom is 0.229 e. The summed E-state index contributed by atoms with van der Waals surface area (Å²) in [5.41, 5.74) is 3.12. The van der Waals surface area contributed by atoms with Crippen molar-refractivity contribution in [1.82, 2.24) is 0 Å². The number of carbonyl (C=O) groups excluding carboxylic acids is 1. The molecule has 2 nitrogen and oxygen atoms in total. The van der Waals surface area contributed by atoms with Crippen molar-refractivity contribution in [3.05, 3.63) is 65.2 Å². The molecule has 0 saturated heterocycles. The Kier molecular flexibility index (Phi) is 5.40. The monoisotopic (exact) mass is 302 g/mol. The van der Waals surface area contributed by atoms with Crippen LogP contribution in [0.4, 0.5) is 0 Å². The van der Waals surface area contributed by atoms with Gasteiger partial charge in [0, 0.05) is 0 Å². The first kappa shape index (κ1) is 15.6. The first-order valence-electron chi connectivity index (χ1n) is 7.07. The second kappa shape index (κ2) is 7.28. The third-order valence-electron chi connectivity index (χ3n) is 3.37. The van der Waals surface area contributed by atoms with E-state index in [1.54, 1.807) is 0 Å². The van der Waals surface area contributed by atoms with Crippen LogP contribution in [0.5, 0.6) is 5.75 Å². The molecule has 0 heterocycles. The quantitative estimate of drug-likeness (QED) is 0.735. The number of carbonyl (C=O) groups is 1. The van der Waals surface area contributed by atoms with Gasteiger partial charge in [0.15, 0.2) is 0 Å².